The molecule has 0 fully saturated rings. The predicted molar refractivity (Wildman–Crippen MR) is 94.7 cm³/mol. The maximum Gasteiger partial charge on any atom is 0.427 e. The first-order valence-electron chi connectivity index (χ1n) is 7.63. The maximum atomic E-state index is 12.8. The van der Waals surface area contributed by atoms with E-state index in [0.717, 1.165) is 6.42 Å². The summed E-state index contributed by atoms with van der Waals surface area (Å²) >= 11 is 0.586. The van der Waals surface area contributed by atoms with Crippen LogP contribution in [0.15, 0.2) is 42.7 Å². The highest BCUT2D eigenvalue weighted by Crippen LogP contribution is 2.42. The largest absolute Gasteiger partial charge is 0.427 e. The third-order valence-electron chi connectivity index (χ3n) is 3.33. The average molecular weight is 368 g/mol. The molecule has 0 unspecified atom stereocenters. The standard InChI is InChI=1S/C9H9F3N4S.C8H10/c1-13-8-15-6(5-3-14-16(2)4-5)7(17-8)9(10,11)12;1-2-8-6-4-3-5-7-8/h3-4H,1-2H3,(H,13,15);3-7H,2H2,1H3. The molecule has 0 spiro atoms. The number of alkyl halides is 3. The minimum Gasteiger partial charge on any atom is -0.365 e. The zero-order valence-electron chi connectivity index (χ0n) is 14.1. The van der Waals surface area contributed by atoms with Gasteiger partial charge in [0.05, 0.1) is 11.9 Å². The second-order valence-corrected chi connectivity index (χ2v) is 6.19. The van der Waals surface area contributed by atoms with Gasteiger partial charge in [0.25, 0.3) is 0 Å². The first kappa shape index (κ1) is 19.0. The van der Waals surface area contributed by atoms with Crippen molar-refractivity contribution in [3.05, 3.63) is 53.2 Å². The number of thiazole rings is 1. The molecule has 2 aromatic heterocycles. The zero-order chi connectivity index (χ0) is 18.4. The Labute approximate surface area is 148 Å². The van der Waals surface area contributed by atoms with Crippen molar-refractivity contribution in [1.29, 1.82) is 0 Å². The minimum absolute atomic E-state index is 0.0834. The fourth-order valence-electron chi connectivity index (χ4n) is 2.07. The van der Waals surface area contributed by atoms with Gasteiger partial charge in [-0.1, -0.05) is 48.6 Å². The maximum absolute atomic E-state index is 12.8. The van der Waals surface area contributed by atoms with Crippen molar-refractivity contribution < 1.29 is 13.2 Å². The molecule has 3 rings (SSSR count). The monoisotopic (exact) mass is 368 g/mol. The van der Waals surface area contributed by atoms with Crippen LogP contribution in [0.1, 0.15) is 17.4 Å². The van der Waals surface area contributed by atoms with E-state index in [-0.39, 0.29) is 10.8 Å². The van der Waals surface area contributed by atoms with Crippen LogP contribution in [-0.4, -0.2) is 21.8 Å². The lowest BCUT2D eigenvalue weighted by Crippen LogP contribution is -2.03. The molecule has 0 saturated carbocycles. The van der Waals surface area contributed by atoms with Gasteiger partial charge in [-0.2, -0.15) is 18.3 Å². The molecule has 0 aliphatic rings. The molecule has 25 heavy (non-hydrogen) atoms. The fraction of sp³-hybridized carbons (Fsp3) is 0.294. The average Bonchev–Trinajstić information content (AvgIpc) is 3.21. The SMILES string of the molecule is CCc1ccccc1.CNc1nc(-c2cnn(C)c2)c(C(F)(F)F)s1. The highest BCUT2D eigenvalue weighted by atomic mass is 32.1. The number of aryl methyl sites for hydroxylation is 2. The number of halogens is 3. The van der Waals surface area contributed by atoms with Gasteiger partial charge < -0.3 is 5.32 Å². The van der Waals surface area contributed by atoms with Crippen molar-refractivity contribution in [2.75, 3.05) is 12.4 Å². The molecule has 0 aliphatic heterocycles. The summed E-state index contributed by atoms with van der Waals surface area (Å²) in [6, 6.07) is 10.5. The Balaban J connectivity index is 0.000000236. The smallest absolute Gasteiger partial charge is 0.365 e. The van der Waals surface area contributed by atoms with Gasteiger partial charge in [0, 0.05) is 25.9 Å². The van der Waals surface area contributed by atoms with Crippen molar-refractivity contribution in [3.8, 4) is 11.3 Å². The Hall–Kier alpha value is -2.35. The molecule has 4 nitrogen and oxygen atoms in total. The Morgan fingerprint density at radius 1 is 1.20 bits per heavy atom. The summed E-state index contributed by atoms with van der Waals surface area (Å²) in [6.45, 7) is 2.16. The quantitative estimate of drug-likeness (QED) is 0.718. The van der Waals surface area contributed by atoms with Crippen LogP contribution in [0, 0.1) is 0 Å². The van der Waals surface area contributed by atoms with Crippen LogP contribution in [0.4, 0.5) is 18.3 Å². The van der Waals surface area contributed by atoms with Gasteiger partial charge in [0.15, 0.2) is 5.13 Å². The van der Waals surface area contributed by atoms with Crippen LogP contribution in [0.2, 0.25) is 0 Å². The van der Waals surface area contributed by atoms with E-state index in [1.54, 1.807) is 7.05 Å². The summed E-state index contributed by atoms with van der Waals surface area (Å²) < 4.78 is 39.9. The lowest BCUT2D eigenvalue weighted by molar-refractivity contribution is -0.134. The van der Waals surface area contributed by atoms with E-state index < -0.39 is 11.1 Å². The van der Waals surface area contributed by atoms with E-state index >= 15 is 0 Å². The fourth-order valence-corrected chi connectivity index (χ4v) is 2.88. The van der Waals surface area contributed by atoms with Gasteiger partial charge in [0.2, 0.25) is 0 Å². The third-order valence-corrected chi connectivity index (χ3v) is 4.45. The molecular weight excluding hydrogens is 349 g/mol. The van der Waals surface area contributed by atoms with Crippen LogP contribution in [-0.2, 0) is 19.6 Å². The first-order valence-corrected chi connectivity index (χ1v) is 8.45. The number of rotatable bonds is 3. The molecule has 134 valence electrons. The van der Waals surface area contributed by atoms with E-state index in [4.69, 9.17) is 0 Å². The van der Waals surface area contributed by atoms with E-state index in [1.165, 1.54) is 29.7 Å². The van der Waals surface area contributed by atoms with Crippen LogP contribution in [0.3, 0.4) is 0 Å². The van der Waals surface area contributed by atoms with Crippen molar-refractivity contribution in [3.63, 3.8) is 0 Å². The van der Waals surface area contributed by atoms with Crippen LogP contribution < -0.4 is 5.32 Å². The Kier molecular flexibility index (Phi) is 6.19. The van der Waals surface area contributed by atoms with Crippen molar-refractivity contribution in [1.82, 2.24) is 14.8 Å². The molecule has 0 radical (unpaired) electrons. The molecule has 0 bridgehead atoms. The molecule has 2 heterocycles. The molecule has 3 aromatic rings. The van der Waals surface area contributed by atoms with Gasteiger partial charge in [-0.15, -0.1) is 0 Å². The lowest BCUT2D eigenvalue weighted by Gasteiger charge is -2.03. The van der Waals surface area contributed by atoms with Crippen LogP contribution in [0.25, 0.3) is 11.3 Å². The number of aromatic nitrogens is 3. The van der Waals surface area contributed by atoms with Gasteiger partial charge in [-0.25, -0.2) is 4.98 Å². The van der Waals surface area contributed by atoms with Crippen molar-refractivity contribution >= 4 is 16.5 Å². The second kappa shape index (κ2) is 8.15. The minimum atomic E-state index is -4.40. The number of nitrogens with zero attached hydrogens (tertiary/aromatic N) is 3. The van der Waals surface area contributed by atoms with Gasteiger partial charge in [-0.3, -0.25) is 4.68 Å². The number of hydrogen-bond donors (Lipinski definition) is 1. The zero-order valence-corrected chi connectivity index (χ0v) is 14.9. The molecule has 0 aliphatic carbocycles. The number of hydrogen-bond acceptors (Lipinski definition) is 4. The number of benzene rings is 1. The summed E-state index contributed by atoms with van der Waals surface area (Å²) in [4.78, 5) is 3.20. The summed E-state index contributed by atoms with van der Waals surface area (Å²) in [7, 11) is 3.17. The topological polar surface area (TPSA) is 42.7 Å². The molecular formula is C17H19F3N4S. The van der Waals surface area contributed by atoms with E-state index in [9.17, 15) is 13.2 Å². The van der Waals surface area contributed by atoms with Crippen LogP contribution in [0.5, 0.6) is 0 Å². The third kappa shape index (κ3) is 5.06. The Bertz CT molecular complexity index is 794. The summed E-state index contributed by atoms with van der Waals surface area (Å²) in [5.41, 5.74) is 1.69. The number of anilines is 1. The predicted octanol–water partition coefficient (Wildman–Crippen LogP) is 4.85. The molecule has 0 amide bonds. The molecule has 1 N–H and O–H groups in total. The Morgan fingerprint density at radius 2 is 1.88 bits per heavy atom. The van der Waals surface area contributed by atoms with Gasteiger partial charge >= 0.3 is 6.18 Å². The lowest BCUT2D eigenvalue weighted by atomic mass is 10.2. The van der Waals surface area contributed by atoms with Crippen molar-refractivity contribution in [2.45, 2.75) is 19.5 Å². The van der Waals surface area contributed by atoms with Gasteiger partial charge in [-0.05, 0) is 12.0 Å². The normalized spacial score (nSPS) is 11.0. The number of nitrogens with one attached hydrogen (secondary N) is 1. The highest BCUT2D eigenvalue weighted by Gasteiger charge is 2.37. The first-order chi connectivity index (χ1) is 11.8. The van der Waals surface area contributed by atoms with Crippen LogP contribution >= 0.6 is 11.3 Å². The van der Waals surface area contributed by atoms with Crippen molar-refractivity contribution in [2.24, 2.45) is 7.05 Å². The molecule has 0 saturated heterocycles. The second-order valence-electron chi connectivity index (χ2n) is 5.19. The molecule has 8 heteroatoms. The Morgan fingerprint density at radius 3 is 2.32 bits per heavy atom. The van der Waals surface area contributed by atoms with E-state index in [2.05, 4.69) is 46.6 Å². The highest BCUT2D eigenvalue weighted by molar-refractivity contribution is 7.16. The van der Waals surface area contributed by atoms with E-state index in [1.807, 2.05) is 6.07 Å². The van der Waals surface area contributed by atoms with E-state index in [0.29, 0.717) is 16.9 Å². The summed E-state index contributed by atoms with van der Waals surface area (Å²) in [5, 5.41) is 6.69. The summed E-state index contributed by atoms with van der Waals surface area (Å²) in [5.74, 6) is 0. The van der Waals surface area contributed by atoms with Gasteiger partial charge in [0.1, 0.15) is 4.88 Å². The summed E-state index contributed by atoms with van der Waals surface area (Å²) in [6.07, 6.45) is -0.397. The molecule has 0 atom stereocenters. The molecule has 1 aromatic carbocycles.